The number of rotatable bonds is 11. The number of hydrogen-bond acceptors (Lipinski definition) is 21. The molecule has 15 atom stereocenters. The standard InChI is InChI=1S/C21H39N7O12.C6H7N3O.C5H5N3O/c1-5-21(36,4-30)16(40-17-9(26-2)13(34)10(31)6(3-29)38-17)18(37-5)39-15-8(28-20(24)25)11(32)7(27-19(22)23)12(33)14(15)35;7-9-6(10)5-1-3-8-4-2-5;6-5(9)4-3-7-1-2-8-4/h4-18,26,29,31-36H,3H2,1-2H3,(H4,22,23,27)(H4,24,25,28);1-4H,7H2,(H,9,10);1-3H,(H2,6,9)/t5-,6-,7+,8-,9-,10-,11+,12-,13-,14+,15+,16-,17-,18-,21+;;/m0../s1. The van der Waals surface area contributed by atoms with E-state index in [-0.39, 0.29) is 17.9 Å². The van der Waals surface area contributed by atoms with Crippen LogP contribution in [0.15, 0.2) is 53.1 Å². The third-order valence-electron chi connectivity index (χ3n) is 9.23. The van der Waals surface area contributed by atoms with Gasteiger partial charge in [-0.3, -0.25) is 29.8 Å². The van der Waals surface area contributed by atoms with E-state index in [1.165, 1.54) is 45.0 Å². The number of pyridine rings is 1. The van der Waals surface area contributed by atoms with Gasteiger partial charge in [0.2, 0.25) is 0 Å². The zero-order valence-corrected chi connectivity index (χ0v) is 31.6. The molecule has 0 radical (unpaired) electrons. The Kier molecular flexibility index (Phi) is 17.8. The largest absolute Gasteiger partial charge is 0.394 e. The molecule has 2 amide bonds. The molecule has 1 saturated carbocycles. The predicted octanol–water partition coefficient (Wildman–Crippen LogP) is -8.90. The van der Waals surface area contributed by atoms with Crippen molar-refractivity contribution in [2.24, 2.45) is 44.5 Å². The molecule has 27 heteroatoms. The van der Waals surface area contributed by atoms with Crippen molar-refractivity contribution in [1.29, 1.82) is 0 Å². The number of nitrogens with one attached hydrogen (secondary N) is 2. The van der Waals surface area contributed by atoms with E-state index in [0.717, 1.165) is 0 Å². The molecule has 1 aliphatic carbocycles. The van der Waals surface area contributed by atoms with Gasteiger partial charge >= 0.3 is 0 Å². The second kappa shape index (κ2) is 21.7. The highest BCUT2D eigenvalue weighted by Gasteiger charge is 2.60. The third kappa shape index (κ3) is 11.8. The SMILES string of the molecule is CN[C@@H]1[C@H](O[C@H]2[C@H](O[C@H]3[C@H](O)[C@@H](O)[C@H](N=C(N)N)[C@@H](O)[C@@H]3N=C(N)N)O[C@@H](C)[C@]2(O)C=O)O[C@@H](CO)[C@H](O)[C@H]1O.NC(=O)c1cnccn1.NNC(=O)c1ccncc1. The molecule has 2 aliphatic heterocycles. The fraction of sp³-hybridized carbons (Fsp3) is 0.562. The second-order valence-electron chi connectivity index (χ2n) is 13.1. The number of aromatic nitrogens is 3. The maximum absolute atomic E-state index is 12.1. The number of nitrogens with zero attached hydrogens (tertiary/aromatic N) is 5. The van der Waals surface area contributed by atoms with Crippen LogP contribution in [0.1, 0.15) is 27.8 Å². The first-order chi connectivity index (χ1) is 27.9. The zero-order valence-electron chi connectivity index (χ0n) is 31.6. The number of amides is 2. The van der Waals surface area contributed by atoms with Crippen LogP contribution in [0.3, 0.4) is 0 Å². The quantitative estimate of drug-likeness (QED) is 0.0249. The van der Waals surface area contributed by atoms with Crippen molar-refractivity contribution in [1.82, 2.24) is 25.7 Å². The maximum Gasteiger partial charge on any atom is 0.268 e. The van der Waals surface area contributed by atoms with Crippen molar-refractivity contribution in [2.45, 2.75) is 98.2 Å². The van der Waals surface area contributed by atoms with E-state index in [1.54, 1.807) is 12.1 Å². The van der Waals surface area contributed by atoms with Crippen LogP contribution in [-0.2, 0) is 23.7 Å². The van der Waals surface area contributed by atoms with Crippen molar-refractivity contribution in [3.63, 3.8) is 0 Å². The molecular formula is C32H51N13O14. The monoisotopic (exact) mass is 841 g/mol. The zero-order chi connectivity index (χ0) is 44.2. The molecule has 0 spiro atoms. The highest BCUT2D eigenvalue weighted by atomic mass is 16.8. The maximum atomic E-state index is 12.1. The van der Waals surface area contributed by atoms with Gasteiger partial charge in [0, 0.05) is 30.4 Å². The number of carbonyl (C=O) groups excluding carboxylic acids is 3. The van der Waals surface area contributed by atoms with E-state index >= 15 is 0 Å². The lowest BCUT2D eigenvalue weighted by molar-refractivity contribution is -0.314. The topological polar surface area (TPSA) is 473 Å². The van der Waals surface area contributed by atoms with Gasteiger partial charge in [0.15, 0.2) is 36.4 Å². The Hall–Kier alpha value is -5.14. The number of ether oxygens (including phenoxy) is 4. The Morgan fingerprint density at radius 2 is 1.49 bits per heavy atom. The molecule has 0 aromatic carbocycles. The van der Waals surface area contributed by atoms with Crippen molar-refractivity contribution in [3.05, 3.63) is 54.4 Å². The number of hydrogen-bond donors (Lipinski definition) is 15. The number of aliphatic imine (C=N–C) groups is 2. The Bertz CT molecular complexity index is 1710. The summed E-state index contributed by atoms with van der Waals surface area (Å²) in [5.74, 6) is 2.99. The van der Waals surface area contributed by atoms with Crippen LogP contribution < -0.4 is 45.3 Å². The van der Waals surface area contributed by atoms with E-state index in [1.807, 2.05) is 5.43 Å². The Balaban J connectivity index is 0.000000396. The summed E-state index contributed by atoms with van der Waals surface area (Å²) >= 11 is 0. The van der Waals surface area contributed by atoms with Crippen LogP contribution in [0.2, 0.25) is 0 Å². The summed E-state index contributed by atoms with van der Waals surface area (Å²) in [6.07, 6.45) is -10.0. The minimum Gasteiger partial charge on any atom is -0.394 e. The Morgan fingerprint density at radius 1 is 0.864 bits per heavy atom. The summed E-state index contributed by atoms with van der Waals surface area (Å²) in [6.45, 7) is 0.620. The second-order valence-corrected chi connectivity index (χ2v) is 13.1. The summed E-state index contributed by atoms with van der Waals surface area (Å²) in [5.41, 5.74) is 27.0. The van der Waals surface area contributed by atoms with E-state index in [0.29, 0.717) is 5.56 Å². The number of primary amides is 1. The van der Waals surface area contributed by atoms with Gasteiger partial charge in [-0.15, -0.1) is 0 Å². The van der Waals surface area contributed by atoms with E-state index < -0.39 is 116 Å². The van der Waals surface area contributed by atoms with E-state index in [2.05, 4.69) is 30.3 Å². The number of aliphatic hydroxyl groups is 7. The molecule has 0 unspecified atom stereocenters. The number of guanidine groups is 2. The first-order valence-electron chi connectivity index (χ1n) is 17.5. The van der Waals surface area contributed by atoms with Crippen molar-refractivity contribution in [2.75, 3.05) is 13.7 Å². The van der Waals surface area contributed by atoms with Gasteiger partial charge in [-0.05, 0) is 26.1 Å². The van der Waals surface area contributed by atoms with E-state index in [4.69, 9.17) is 53.5 Å². The molecule has 4 heterocycles. The highest BCUT2D eigenvalue weighted by Crippen LogP contribution is 2.38. The predicted molar refractivity (Wildman–Crippen MR) is 199 cm³/mol. The summed E-state index contributed by atoms with van der Waals surface area (Å²) in [6, 6.07) is -0.910. The van der Waals surface area contributed by atoms with Crippen LogP contribution >= 0.6 is 0 Å². The van der Waals surface area contributed by atoms with Gasteiger partial charge in [-0.25, -0.2) is 20.8 Å². The van der Waals surface area contributed by atoms with Crippen LogP contribution in [0, 0.1) is 0 Å². The van der Waals surface area contributed by atoms with E-state index in [9.17, 15) is 50.1 Å². The number of likely N-dealkylation sites (N-methyl/N-ethyl adjacent to an activating group) is 1. The Labute approximate surface area is 335 Å². The summed E-state index contributed by atoms with van der Waals surface area (Å²) in [5, 5.41) is 76.6. The van der Waals surface area contributed by atoms with Gasteiger partial charge in [-0.1, -0.05) is 0 Å². The number of aliphatic hydroxyl groups excluding tert-OH is 6. The molecule has 0 bridgehead atoms. The summed E-state index contributed by atoms with van der Waals surface area (Å²) in [7, 11) is 1.42. The fourth-order valence-electron chi connectivity index (χ4n) is 6.09. The number of nitrogens with two attached hydrogens (primary N) is 6. The average molecular weight is 842 g/mol. The molecule has 5 rings (SSSR count). The lowest BCUT2D eigenvalue weighted by atomic mass is 9.81. The number of aldehydes is 1. The number of carbonyl (C=O) groups is 3. The van der Waals surface area contributed by atoms with Crippen molar-refractivity contribution in [3.8, 4) is 0 Å². The smallest absolute Gasteiger partial charge is 0.268 e. The van der Waals surface area contributed by atoms with Gasteiger partial charge in [-0.2, -0.15) is 0 Å². The molecule has 21 N–H and O–H groups in total. The fourth-order valence-corrected chi connectivity index (χ4v) is 6.09. The molecule has 2 aromatic rings. The van der Waals surface area contributed by atoms with Crippen LogP contribution in [0.5, 0.6) is 0 Å². The average Bonchev–Trinajstić information content (AvgIpc) is 3.46. The highest BCUT2D eigenvalue weighted by molar-refractivity contribution is 5.93. The summed E-state index contributed by atoms with van der Waals surface area (Å²) in [4.78, 5) is 51.8. The lowest BCUT2D eigenvalue weighted by Crippen LogP contribution is -2.66. The van der Waals surface area contributed by atoms with Gasteiger partial charge < -0.3 is 88.7 Å². The number of nitrogen functional groups attached to an aromatic ring is 1. The molecule has 59 heavy (non-hydrogen) atoms. The third-order valence-corrected chi connectivity index (χ3v) is 9.23. The van der Waals surface area contributed by atoms with Crippen molar-refractivity contribution < 1.29 is 69.1 Å². The first kappa shape index (κ1) is 48.2. The first-order valence-corrected chi connectivity index (χ1v) is 17.5. The molecule has 2 aromatic heterocycles. The lowest BCUT2D eigenvalue weighted by Gasteiger charge is -2.45. The molecule has 2 saturated heterocycles. The van der Waals surface area contributed by atoms with Crippen molar-refractivity contribution >= 4 is 30.0 Å². The Morgan fingerprint density at radius 3 is 1.98 bits per heavy atom. The minimum atomic E-state index is -2.38. The molecule has 328 valence electrons. The van der Waals surface area contributed by atoms with Gasteiger partial charge in [0.05, 0.1) is 24.9 Å². The molecule has 3 aliphatic rings. The molecule has 27 nitrogen and oxygen atoms in total. The van der Waals surface area contributed by atoms with Gasteiger partial charge in [0.1, 0.15) is 66.6 Å². The van der Waals surface area contributed by atoms with Crippen LogP contribution in [0.4, 0.5) is 0 Å². The van der Waals surface area contributed by atoms with Crippen LogP contribution in [-0.4, -0.2) is 186 Å². The minimum absolute atomic E-state index is 0.140. The van der Waals surface area contributed by atoms with Gasteiger partial charge in [0.25, 0.3) is 11.8 Å². The van der Waals surface area contributed by atoms with Crippen LogP contribution in [0.25, 0.3) is 0 Å². The normalized spacial score (nSPS) is 35.0. The summed E-state index contributed by atoms with van der Waals surface area (Å²) < 4.78 is 22.9. The molecule has 3 fully saturated rings. The number of hydrazine groups is 1. The molecular weight excluding hydrogens is 790 g/mol.